The maximum absolute atomic E-state index is 12.9. The van der Waals surface area contributed by atoms with E-state index in [2.05, 4.69) is 0 Å². The zero-order chi connectivity index (χ0) is 17.8. The SMILES string of the molecule is CN1C(=O)CO[C@H]2CCN(C(=O)c3cccc(OCCCN)c3)C[C@@H]21. The highest BCUT2D eigenvalue weighted by Crippen LogP contribution is 2.24. The fraction of sp³-hybridized carbons (Fsp3) is 0.556. The van der Waals surface area contributed by atoms with Crippen LogP contribution in [0.3, 0.4) is 0 Å². The van der Waals surface area contributed by atoms with Gasteiger partial charge in [0.2, 0.25) is 5.91 Å². The predicted octanol–water partition coefficient (Wildman–Crippen LogP) is 0.486. The largest absolute Gasteiger partial charge is 0.494 e. The maximum atomic E-state index is 12.9. The van der Waals surface area contributed by atoms with Crippen molar-refractivity contribution in [1.29, 1.82) is 0 Å². The number of ether oxygens (including phenoxy) is 2. The maximum Gasteiger partial charge on any atom is 0.254 e. The molecule has 136 valence electrons. The van der Waals surface area contributed by atoms with E-state index >= 15 is 0 Å². The first-order chi connectivity index (χ1) is 12.1. The van der Waals surface area contributed by atoms with Crippen molar-refractivity contribution >= 4 is 11.8 Å². The molecule has 2 saturated heterocycles. The zero-order valence-corrected chi connectivity index (χ0v) is 14.5. The number of morpholine rings is 1. The van der Waals surface area contributed by atoms with Crippen molar-refractivity contribution in [2.45, 2.75) is 25.0 Å². The van der Waals surface area contributed by atoms with E-state index < -0.39 is 0 Å². The second kappa shape index (κ2) is 7.84. The van der Waals surface area contributed by atoms with Gasteiger partial charge in [0.1, 0.15) is 12.4 Å². The van der Waals surface area contributed by atoms with E-state index in [0.717, 1.165) is 12.8 Å². The van der Waals surface area contributed by atoms with Gasteiger partial charge in [-0.1, -0.05) is 6.07 Å². The normalized spacial score (nSPS) is 23.4. The highest BCUT2D eigenvalue weighted by Gasteiger charge is 2.39. The van der Waals surface area contributed by atoms with E-state index in [1.807, 2.05) is 12.1 Å². The summed E-state index contributed by atoms with van der Waals surface area (Å²) in [6.07, 6.45) is 1.52. The number of piperidine rings is 1. The van der Waals surface area contributed by atoms with Crippen molar-refractivity contribution in [2.75, 3.05) is 39.9 Å². The Balaban J connectivity index is 1.66. The zero-order valence-electron chi connectivity index (χ0n) is 14.5. The average molecular weight is 347 g/mol. The number of carbonyl (C=O) groups is 2. The molecule has 0 bridgehead atoms. The topological polar surface area (TPSA) is 85.1 Å². The predicted molar refractivity (Wildman–Crippen MR) is 92.4 cm³/mol. The second-order valence-electron chi connectivity index (χ2n) is 6.48. The Morgan fingerprint density at radius 3 is 3.08 bits per heavy atom. The summed E-state index contributed by atoms with van der Waals surface area (Å²) in [6.45, 7) is 2.35. The molecule has 2 N–H and O–H groups in total. The number of amides is 2. The summed E-state index contributed by atoms with van der Waals surface area (Å²) >= 11 is 0. The molecule has 0 unspecified atom stereocenters. The lowest BCUT2D eigenvalue weighted by Crippen LogP contribution is -2.61. The molecule has 0 saturated carbocycles. The Kier molecular flexibility index (Phi) is 5.55. The minimum atomic E-state index is -0.0806. The summed E-state index contributed by atoms with van der Waals surface area (Å²) in [5.41, 5.74) is 6.06. The van der Waals surface area contributed by atoms with Gasteiger partial charge >= 0.3 is 0 Å². The van der Waals surface area contributed by atoms with Gasteiger partial charge in [-0.25, -0.2) is 0 Å². The lowest BCUT2D eigenvalue weighted by Gasteiger charge is -2.45. The fourth-order valence-electron chi connectivity index (χ4n) is 3.30. The molecule has 1 aromatic carbocycles. The first kappa shape index (κ1) is 17.7. The van der Waals surface area contributed by atoms with Crippen molar-refractivity contribution in [3.63, 3.8) is 0 Å². The van der Waals surface area contributed by atoms with E-state index in [1.54, 1.807) is 29.0 Å². The van der Waals surface area contributed by atoms with Gasteiger partial charge in [-0.2, -0.15) is 0 Å². The van der Waals surface area contributed by atoms with Crippen LogP contribution in [0.25, 0.3) is 0 Å². The quantitative estimate of drug-likeness (QED) is 0.784. The van der Waals surface area contributed by atoms with Crippen LogP contribution in [-0.2, 0) is 9.53 Å². The van der Waals surface area contributed by atoms with Crippen LogP contribution in [0.4, 0.5) is 0 Å². The van der Waals surface area contributed by atoms with Crippen molar-refractivity contribution in [3.8, 4) is 5.75 Å². The van der Waals surface area contributed by atoms with Gasteiger partial charge in [0.25, 0.3) is 5.91 Å². The molecule has 7 nitrogen and oxygen atoms in total. The molecule has 2 amide bonds. The summed E-state index contributed by atoms with van der Waals surface area (Å²) < 4.78 is 11.2. The fourth-order valence-corrected chi connectivity index (χ4v) is 3.30. The van der Waals surface area contributed by atoms with Crippen molar-refractivity contribution in [3.05, 3.63) is 29.8 Å². The summed E-state index contributed by atoms with van der Waals surface area (Å²) in [6, 6.07) is 7.12. The minimum absolute atomic E-state index is 0.0117. The molecule has 0 aliphatic carbocycles. The third-order valence-electron chi connectivity index (χ3n) is 4.82. The van der Waals surface area contributed by atoms with Crippen LogP contribution in [0.5, 0.6) is 5.75 Å². The summed E-state index contributed by atoms with van der Waals surface area (Å²) in [5.74, 6) is 0.586. The number of nitrogens with two attached hydrogens (primary N) is 1. The number of carbonyl (C=O) groups excluding carboxylic acids is 2. The summed E-state index contributed by atoms with van der Waals surface area (Å²) in [7, 11) is 1.78. The lowest BCUT2D eigenvalue weighted by atomic mass is 9.98. The number of likely N-dealkylation sites (N-methyl/N-ethyl adjacent to an activating group) is 1. The number of likely N-dealkylation sites (tertiary alicyclic amines) is 1. The van der Waals surface area contributed by atoms with Crippen LogP contribution in [0.15, 0.2) is 24.3 Å². The Labute approximate surface area is 147 Å². The molecule has 0 aromatic heterocycles. The minimum Gasteiger partial charge on any atom is -0.494 e. The molecular weight excluding hydrogens is 322 g/mol. The van der Waals surface area contributed by atoms with E-state index in [9.17, 15) is 9.59 Å². The van der Waals surface area contributed by atoms with Crippen molar-refractivity contribution < 1.29 is 19.1 Å². The number of nitrogens with zero attached hydrogens (tertiary/aromatic N) is 2. The van der Waals surface area contributed by atoms with Gasteiger partial charge < -0.3 is 25.0 Å². The highest BCUT2D eigenvalue weighted by molar-refractivity contribution is 5.94. The number of rotatable bonds is 5. The third-order valence-corrected chi connectivity index (χ3v) is 4.82. The second-order valence-corrected chi connectivity index (χ2v) is 6.48. The third kappa shape index (κ3) is 3.93. The van der Waals surface area contributed by atoms with Gasteiger partial charge in [-0.05, 0) is 37.6 Å². The summed E-state index contributed by atoms with van der Waals surface area (Å²) in [4.78, 5) is 28.2. The average Bonchev–Trinajstić information content (AvgIpc) is 2.64. The molecule has 0 radical (unpaired) electrons. The van der Waals surface area contributed by atoms with Crippen LogP contribution < -0.4 is 10.5 Å². The van der Waals surface area contributed by atoms with Gasteiger partial charge in [0, 0.05) is 25.7 Å². The molecule has 1 aromatic rings. The monoisotopic (exact) mass is 347 g/mol. The molecule has 2 atom stereocenters. The lowest BCUT2D eigenvalue weighted by molar-refractivity contribution is -0.159. The van der Waals surface area contributed by atoms with Crippen LogP contribution in [-0.4, -0.2) is 73.7 Å². The van der Waals surface area contributed by atoms with Gasteiger partial charge in [-0.3, -0.25) is 9.59 Å². The van der Waals surface area contributed by atoms with Gasteiger partial charge in [-0.15, -0.1) is 0 Å². The molecule has 2 heterocycles. The summed E-state index contributed by atoms with van der Waals surface area (Å²) in [5, 5.41) is 0. The molecule has 2 fully saturated rings. The van der Waals surface area contributed by atoms with E-state index in [0.29, 0.717) is 37.6 Å². The standard InChI is InChI=1S/C18H25N3O4/c1-20-15-11-21(8-6-16(15)25-12-17(20)22)18(23)13-4-2-5-14(10-13)24-9-3-7-19/h2,4-5,10,15-16H,3,6-9,11-12,19H2,1H3/t15-,16-/m0/s1. The highest BCUT2D eigenvalue weighted by atomic mass is 16.5. The molecule has 0 spiro atoms. The number of fused-ring (bicyclic) bond motifs is 1. The number of benzene rings is 1. The Bertz CT molecular complexity index is 637. The van der Waals surface area contributed by atoms with Crippen LogP contribution in [0, 0.1) is 0 Å². The first-order valence-corrected chi connectivity index (χ1v) is 8.69. The Morgan fingerprint density at radius 1 is 1.44 bits per heavy atom. The van der Waals surface area contributed by atoms with E-state index in [4.69, 9.17) is 15.2 Å². The van der Waals surface area contributed by atoms with E-state index in [-0.39, 0.29) is 30.6 Å². The van der Waals surface area contributed by atoms with Gasteiger partial charge in [0.05, 0.1) is 18.8 Å². The molecule has 3 rings (SSSR count). The molecule has 7 heteroatoms. The van der Waals surface area contributed by atoms with Crippen LogP contribution >= 0.6 is 0 Å². The van der Waals surface area contributed by atoms with Crippen LogP contribution in [0.1, 0.15) is 23.2 Å². The molecule has 25 heavy (non-hydrogen) atoms. The van der Waals surface area contributed by atoms with Crippen molar-refractivity contribution in [1.82, 2.24) is 9.80 Å². The Morgan fingerprint density at radius 2 is 2.28 bits per heavy atom. The first-order valence-electron chi connectivity index (χ1n) is 8.69. The van der Waals surface area contributed by atoms with Crippen molar-refractivity contribution in [2.24, 2.45) is 5.73 Å². The smallest absolute Gasteiger partial charge is 0.254 e. The van der Waals surface area contributed by atoms with E-state index in [1.165, 1.54) is 0 Å². The van der Waals surface area contributed by atoms with Gasteiger partial charge in [0.15, 0.2) is 0 Å². The molecule has 2 aliphatic heterocycles. The molecular formula is C18H25N3O4. The Hall–Kier alpha value is -2.12. The number of hydrogen-bond acceptors (Lipinski definition) is 5. The molecule has 2 aliphatic rings. The van der Waals surface area contributed by atoms with Crippen LogP contribution in [0.2, 0.25) is 0 Å². The number of hydrogen-bond donors (Lipinski definition) is 1.